The average molecular weight is 320 g/mol. The molecule has 0 aliphatic carbocycles. The third-order valence-corrected chi connectivity index (χ3v) is 5.21. The average Bonchev–Trinajstić information content (AvgIpc) is 2.49. The number of benzene rings is 2. The highest BCUT2D eigenvalue weighted by atomic mass is 35.5. The number of aryl methyl sites for hydroxylation is 1. The van der Waals surface area contributed by atoms with Gasteiger partial charge in [-0.1, -0.05) is 48.9 Å². The van der Waals surface area contributed by atoms with Crippen LogP contribution >= 0.6 is 23.4 Å². The zero-order valence-corrected chi connectivity index (χ0v) is 14.2. The number of thioether (sulfide) groups is 1. The van der Waals surface area contributed by atoms with E-state index in [0.29, 0.717) is 0 Å². The Kier molecular flexibility index (Phi) is 6.16. The highest BCUT2D eigenvalue weighted by molar-refractivity contribution is 7.98. The maximum absolute atomic E-state index is 6.37. The van der Waals surface area contributed by atoms with E-state index in [1.807, 2.05) is 23.9 Å². The van der Waals surface area contributed by atoms with Crippen LogP contribution in [0.1, 0.15) is 30.0 Å². The molecule has 112 valence electrons. The Labute approximate surface area is 136 Å². The van der Waals surface area contributed by atoms with Gasteiger partial charge in [0.1, 0.15) is 0 Å². The second kappa shape index (κ2) is 7.88. The van der Waals surface area contributed by atoms with Crippen LogP contribution in [0.15, 0.2) is 47.4 Å². The summed E-state index contributed by atoms with van der Waals surface area (Å²) in [5.41, 5.74) is 9.99. The summed E-state index contributed by atoms with van der Waals surface area (Å²) in [5, 5.41) is 0.827. The SMILES string of the molecule is CCC(N)Cc1c(Cl)cccc1SCc1ccccc1C. The van der Waals surface area contributed by atoms with Gasteiger partial charge in [-0.25, -0.2) is 0 Å². The van der Waals surface area contributed by atoms with Crippen molar-refractivity contribution in [1.29, 1.82) is 0 Å². The van der Waals surface area contributed by atoms with Crippen LogP contribution in [0.5, 0.6) is 0 Å². The molecule has 2 aromatic rings. The van der Waals surface area contributed by atoms with Gasteiger partial charge < -0.3 is 5.73 Å². The molecular formula is C18H22ClNS. The van der Waals surface area contributed by atoms with E-state index in [9.17, 15) is 0 Å². The van der Waals surface area contributed by atoms with E-state index >= 15 is 0 Å². The quantitative estimate of drug-likeness (QED) is 0.739. The van der Waals surface area contributed by atoms with Crippen molar-refractivity contribution in [1.82, 2.24) is 0 Å². The molecule has 1 nitrogen and oxygen atoms in total. The summed E-state index contributed by atoms with van der Waals surface area (Å²) in [5.74, 6) is 0.960. The second-order valence-corrected chi connectivity index (χ2v) is 6.73. The highest BCUT2D eigenvalue weighted by Gasteiger charge is 2.11. The smallest absolute Gasteiger partial charge is 0.0449 e. The summed E-state index contributed by atoms with van der Waals surface area (Å²) in [7, 11) is 0. The standard InChI is InChI=1S/C18H22ClNS/c1-3-15(20)11-16-17(19)9-6-10-18(16)21-12-14-8-5-4-7-13(14)2/h4-10,15H,3,11-12,20H2,1-2H3. The van der Waals surface area contributed by atoms with Gasteiger partial charge in [0.25, 0.3) is 0 Å². The lowest BCUT2D eigenvalue weighted by molar-refractivity contribution is 0.641. The number of hydrogen-bond donors (Lipinski definition) is 1. The van der Waals surface area contributed by atoms with Crippen LogP contribution in [0.3, 0.4) is 0 Å². The van der Waals surface area contributed by atoms with Crippen molar-refractivity contribution >= 4 is 23.4 Å². The van der Waals surface area contributed by atoms with Crippen LogP contribution in [0.2, 0.25) is 5.02 Å². The van der Waals surface area contributed by atoms with E-state index in [0.717, 1.165) is 23.6 Å². The van der Waals surface area contributed by atoms with Crippen LogP contribution in [0, 0.1) is 6.92 Å². The molecule has 3 heteroatoms. The van der Waals surface area contributed by atoms with Crippen molar-refractivity contribution in [2.24, 2.45) is 5.73 Å². The summed E-state index contributed by atoms with van der Waals surface area (Å²) in [6.45, 7) is 4.27. The third kappa shape index (κ3) is 4.50. The van der Waals surface area contributed by atoms with Crippen molar-refractivity contribution in [3.63, 3.8) is 0 Å². The van der Waals surface area contributed by atoms with Gasteiger partial charge in [-0.05, 0) is 48.6 Å². The first-order valence-electron chi connectivity index (χ1n) is 7.32. The molecule has 2 rings (SSSR count). The van der Waals surface area contributed by atoms with E-state index in [1.165, 1.54) is 21.6 Å². The molecule has 0 aliphatic rings. The van der Waals surface area contributed by atoms with Gasteiger partial charge in [-0.2, -0.15) is 0 Å². The van der Waals surface area contributed by atoms with Gasteiger partial charge in [0.05, 0.1) is 0 Å². The third-order valence-electron chi connectivity index (χ3n) is 3.71. The maximum atomic E-state index is 6.37. The molecule has 0 saturated heterocycles. The highest BCUT2D eigenvalue weighted by Crippen LogP contribution is 2.32. The minimum atomic E-state index is 0.169. The predicted molar refractivity (Wildman–Crippen MR) is 94.2 cm³/mol. The molecule has 1 unspecified atom stereocenters. The fraction of sp³-hybridized carbons (Fsp3) is 0.333. The largest absolute Gasteiger partial charge is 0.327 e. The summed E-state index contributed by atoms with van der Waals surface area (Å²) in [6.07, 6.45) is 1.80. The molecule has 0 radical (unpaired) electrons. The molecular weight excluding hydrogens is 298 g/mol. The maximum Gasteiger partial charge on any atom is 0.0449 e. The van der Waals surface area contributed by atoms with Gasteiger partial charge in [0.2, 0.25) is 0 Å². The molecule has 0 amide bonds. The molecule has 0 aromatic heterocycles. The fourth-order valence-corrected chi connectivity index (χ4v) is 3.69. The summed E-state index contributed by atoms with van der Waals surface area (Å²) >= 11 is 8.22. The van der Waals surface area contributed by atoms with E-state index in [2.05, 4.69) is 44.2 Å². The summed E-state index contributed by atoms with van der Waals surface area (Å²) in [6, 6.07) is 14.8. The van der Waals surface area contributed by atoms with Crippen molar-refractivity contribution in [3.05, 3.63) is 64.2 Å². The molecule has 0 aliphatic heterocycles. The van der Waals surface area contributed by atoms with E-state index in [1.54, 1.807) is 0 Å². The van der Waals surface area contributed by atoms with Crippen LogP contribution in [-0.2, 0) is 12.2 Å². The van der Waals surface area contributed by atoms with E-state index < -0.39 is 0 Å². The zero-order valence-electron chi connectivity index (χ0n) is 12.6. The van der Waals surface area contributed by atoms with Gasteiger partial charge >= 0.3 is 0 Å². The minimum absolute atomic E-state index is 0.169. The van der Waals surface area contributed by atoms with Gasteiger partial charge in [0, 0.05) is 21.7 Å². The molecule has 0 bridgehead atoms. The first-order valence-corrected chi connectivity index (χ1v) is 8.68. The number of hydrogen-bond acceptors (Lipinski definition) is 2. The van der Waals surface area contributed by atoms with E-state index in [-0.39, 0.29) is 6.04 Å². The summed E-state index contributed by atoms with van der Waals surface area (Å²) in [4.78, 5) is 1.25. The number of rotatable bonds is 6. The lowest BCUT2D eigenvalue weighted by Crippen LogP contribution is -2.21. The predicted octanol–water partition coefficient (Wildman–Crippen LogP) is 5.22. The van der Waals surface area contributed by atoms with Crippen molar-refractivity contribution in [2.45, 2.75) is 43.4 Å². The lowest BCUT2D eigenvalue weighted by atomic mass is 10.0. The molecule has 1 atom stereocenters. The lowest BCUT2D eigenvalue weighted by Gasteiger charge is -2.15. The zero-order chi connectivity index (χ0) is 15.2. The van der Waals surface area contributed by atoms with Gasteiger partial charge in [-0.3, -0.25) is 0 Å². The van der Waals surface area contributed by atoms with E-state index in [4.69, 9.17) is 17.3 Å². The Bertz CT molecular complexity index is 598. The molecule has 0 saturated carbocycles. The Balaban J connectivity index is 2.16. The van der Waals surface area contributed by atoms with Crippen molar-refractivity contribution in [2.75, 3.05) is 0 Å². The molecule has 2 aromatic carbocycles. The molecule has 0 spiro atoms. The topological polar surface area (TPSA) is 26.0 Å². The number of halogens is 1. The molecule has 21 heavy (non-hydrogen) atoms. The molecule has 0 heterocycles. The van der Waals surface area contributed by atoms with Gasteiger partial charge in [0.15, 0.2) is 0 Å². The van der Waals surface area contributed by atoms with Crippen LogP contribution in [-0.4, -0.2) is 6.04 Å². The van der Waals surface area contributed by atoms with Crippen LogP contribution in [0.25, 0.3) is 0 Å². The Morgan fingerprint density at radius 2 is 1.90 bits per heavy atom. The second-order valence-electron chi connectivity index (χ2n) is 5.30. The Hall–Kier alpha value is -0.960. The van der Waals surface area contributed by atoms with Crippen molar-refractivity contribution in [3.8, 4) is 0 Å². The minimum Gasteiger partial charge on any atom is -0.327 e. The Morgan fingerprint density at radius 3 is 2.62 bits per heavy atom. The first kappa shape index (κ1) is 16.4. The number of nitrogens with two attached hydrogens (primary N) is 1. The molecule has 2 N–H and O–H groups in total. The Morgan fingerprint density at radius 1 is 1.14 bits per heavy atom. The van der Waals surface area contributed by atoms with Crippen LogP contribution in [0.4, 0.5) is 0 Å². The van der Waals surface area contributed by atoms with Crippen molar-refractivity contribution < 1.29 is 0 Å². The normalized spacial score (nSPS) is 12.4. The summed E-state index contributed by atoms with van der Waals surface area (Å²) < 4.78 is 0. The fourth-order valence-electron chi connectivity index (χ4n) is 2.21. The first-order chi connectivity index (χ1) is 10.1. The van der Waals surface area contributed by atoms with Crippen LogP contribution < -0.4 is 5.73 Å². The molecule has 0 fully saturated rings. The monoisotopic (exact) mass is 319 g/mol. The van der Waals surface area contributed by atoms with Gasteiger partial charge in [-0.15, -0.1) is 11.8 Å².